The molecule has 104 valence electrons. The molecule has 1 aliphatic rings. The topological polar surface area (TPSA) is 71.2 Å². The molecule has 0 radical (unpaired) electrons. The van der Waals surface area contributed by atoms with E-state index in [-0.39, 0.29) is 11.6 Å². The quantitative estimate of drug-likeness (QED) is 0.645. The maximum absolute atomic E-state index is 12.5. The lowest BCUT2D eigenvalue weighted by molar-refractivity contribution is 0.0747. The molecule has 5 nitrogen and oxygen atoms in total. The SMILES string of the molecule is CC1CN(C(=O)c2nc(NN)ccc2Cl)CC(C)S1. The van der Waals surface area contributed by atoms with Crippen molar-refractivity contribution < 1.29 is 4.79 Å². The largest absolute Gasteiger partial charge is 0.335 e. The first-order chi connectivity index (χ1) is 9.01. The molecule has 7 heteroatoms. The number of hydrazine groups is 1. The predicted octanol–water partition coefficient (Wildman–Crippen LogP) is 1.99. The summed E-state index contributed by atoms with van der Waals surface area (Å²) in [6.07, 6.45) is 0. The summed E-state index contributed by atoms with van der Waals surface area (Å²) in [6.45, 7) is 5.67. The summed E-state index contributed by atoms with van der Waals surface area (Å²) in [4.78, 5) is 18.4. The summed E-state index contributed by atoms with van der Waals surface area (Å²) in [5.41, 5.74) is 2.68. The molecule has 0 spiro atoms. The van der Waals surface area contributed by atoms with Crippen molar-refractivity contribution >= 4 is 35.1 Å². The first-order valence-corrected chi connectivity index (χ1v) is 7.41. The molecular weight excluding hydrogens is 284 g/mol. The summed E-state index contributed by atoms with van der Waals surface area (Å²) in [5, 5.41) is 1.19. The minimum atomic E-state index is -0.138. The van der Waals surface area contributed by atoms with Crippen LogP contribution >= 0.6 is 23.4 Å². The van der Waals surface area contributed by atoms with Gasteiger partial charge in [-0.1, -0.05) is 25.4 Å². The second kappa shape index (κ2) is 5.98. The number of nitrogens with one attached hydrogen (secondary N) is 1. The van der Waals surface area contributed by atoms with Crippen LogP contribution in [0.5, 0.6) is 0 Å². The van der Waals surface area contributed by atoms with Gasteiger partial charge in [0.1, 0.15) is 11.5 Å². The van der Waals surface area contributed by atoms with Crippen LogP contribution in [0.15, 0.2) is 12.1 Å². The van der Waals surface area contributed by atoms with Gasteiger partial charge < -0.3 is 10.3 Å². The summed E-state index contributed by atoms with van der Waals surface area (Å²) in [5.74, 6) is 5.60. The molecule has 1 aliphatic heterocycles. The molecule has 1 aromatic rings. The van der Waals surface area contributed by atoms with E-state index in [0.29, 0.717) is 34.4 Å². The Bertz CT molecular complexity index is 475. The highest BCUT2D eigenvalue weighted by Crippen LogP contribution is 2.27. The van der Waals surface area contributed by atoms with Crippen LogP contribution in [0.25, 0.3) is 0 Å². The number of nitrogens with two attached hydrogens (primary N) is 1. The zero-order valence-corrected chi connectivity index (χ0v) is 12.5. The number of nitrogens with zero attached hydrogens (tertiary/aromatic N) is 2. The van der Waals surface area contributed by atoms with Crippen LogP contribution in [0.2, 0.25) is 5.02 Å². The van der Waals surface area contributed by atoms with Gasteiger partial charge in [-0.25, -0.2) is 10.8 Å². The molecule has 2 atom stereocenters. The molecule has 1 fully saturated rings. The average Bonchev–Trinajstić information content (AvgIpc) is 2.37. The van der Waals surface area contributed by atoms with E-state index in [1.54, 1.807) is 17.0 Å². The Hall–Kier alpha value is -0.980. The van der Waals surface area contributed by atoms with Crippen LogP contribution in [-0.4, -0.2) is 39.4 Å². The number of anilines is 1. The fraction of sp³-hybridized carbons (Fsp3) is 0.500. The number of aromatic nitrogens is 1. The molecule has 0 aliphatic carbocycles. The van der Waals surface area contributed by atoms with Crippen LogP contribution in [-0.2, 0) is 0 Å². The summed E-state index contributed by atoms with van der Waals surface area (Å²) in [7, 11) is 0. The van der Waals surface area contributed by atoms with Crippen molar-refractivity contribution in [3.8, 4) is 0 Å². The first kappa shape index (κ1) is 14.4. The predicted molar refractivity (Wildman–Crippen MR) is 79.5 cm³/mol. The van der Waals surface area contributed by atoms with Gasteiger partial charge in [0.2, 0.25) is 0 Å². The van der Waals surface area contributed by atoms with Crippen molar-refractivity contribution in [1.82, 2.24) is 9.88 Å². The number of carbonyl (C=O) groups is 1. The minimum Gasteiger partial charge on any atom is -0.335 e. The van der Waals surface area contributed by atoms with Gasteiger partial charge >= 0.3 is 0 Å². The average molecular weight is 301 g/mol. The van der Waals surface area contributed by atoms with Gasteiger partial charge in [0, 0.05) is 23.6 Å². The monoisotopic (exact) mass is 300 g/mol. The molecule has 1 amide bonds. The summed E-state index contributed by atoms with van der Waals surface area (Å²) >= 11 is 7.95. The molecule has 1 aromatic heterocycles. The van der Waals surface area contributed by atoms with Gasteiger partial charge in [-0.15, -0.1) is 0 Å². The van der Waals surface area contributed by atoms with Crippen molar-refractivity contribution in [2.45, 2.75) is 24.3 Å². The van der Waals surface area contributed by atoms with Gasteiger partial charge in [0.05, 0.1) is 5.02 Å². The first-order valence-electron chi connectivity index (χ1n) is 6.09. The van der Waals surface area contributed by atoms with Crippen LogP contribution in [0.1, 0.15) is 24.3 Å². The third-order valence-electron chi connectivity index (χ3n) is 2.90. The van der Waals surface area contributed by atoms with E-state index in [0.717, 1.165) is 0 Å². The Morgan fingerprint density at radius 3 is 2.68 bits per heavy atom. The highest BCUT2D eigenvalue weighted by molar-refractivity contribution is 8.00. The van der Waals surface area contributed by atoms with Gasteiger partial charge in [0.15, 0.2) is 0 Å². The zero-order chi connectivity index (χ0) is 14.0. The van der Waals surface area contributed by atoms with E-state index in [9.17, 15) is 4.79 Å². The number of halogens is 1. The van der Waals surface area contributed by atoms with E-state index in [4.69, 9.17) is 17.4 Å². The number of hydrogen-bond donors (Lipinski definition) is 2. The van der Waals surface area contributed by atoms with Crippen molar-refractivity contribution in [1.29, 1.82) is 0 Å². The third kappa shape index (κ3) is 3.32. The Morgan fingerprint density at radius 2 is 2.11 bits per heavy atom. The van der Waals surface area contributed by atoms with Crippen molar-refractivity contribution in [3.05, 3.63) is 22.8 Å². The van der Waals surface area contributed by atoms with Gasteiger partial charge in [-0.3, -0.25) is 4.79 Å². The maximum Gasteiger partial charge on any atom is 0.274 e. The standard InChI is InChI=1S/C12H17ClN4OS/c1-7-5-17(6-8(2)19-7)12(18)11-9(13)3-4-10(15-11)16-14/h3-4,7-8H,5-6,14H2,1-2H3,(H,15,16). The smallest absolute Gasteiger partial charge is 0.274 e. The van der Waals surface area contributed by atoms with Crippen LogP contribution in [0.4, 0.5) is 5.82 Å². The molecule has 0 aromatic carbocycles. The van der Waals surface area contributed by atoms with Crippen LogP contribution in [0.3, 0.4) is 0 Å². The number of hydrogen-bond acceptors (Lipinski definition) is 5. The Morgan fingerprint density at radius 1 is 1.47 bits per heavy atom. The maximum atomic E-state index is 12.5. The molecule has 0 saturated carbocycles. The van der Waals surface area contributed by atoms with Crippen molar-refractivity contribution in [2.75, 3.05) is 18.5 Å². The lowest BCUT2D eigenvalue weighted by atomic mass is 10.2. The molecule has 2 rings (SSSR count). The highest BCUT2D eigenvalue weighted by Gasteiger charge is 2.28. The molecule has 2 unspecified atom stereocenters. The van der Waals surface area contributed by atoms with Crippen molar-refractivity contribution in [2.24, 2.45) is 5.84 Å². The Balaban J connectivity index is 2.23. The van der Waals surface area contributed by atoms with Crippen LogP contribution in [0, 0.1) is 0 Å². The van der Waals surface area contributed by atoms with E-state index in [1.165, 1.54) is 0 Å². The summed E-state index contributed by atoms with van der Waals surface area (Å²) < 4.78 is 0. The van der Waals surface area contributed by atoms with Gasteiger partial charge in [-0.05, 0) is 12.1 Å². The minimum absolute atomic E-state index is 0.138. The molecule has 0 bridgehead atoms. The number of thioether (sulfide) groups is 1. The fourth-order valence-electron chi connectivity index (χ4n) is 2.17. The molecular formula is C12H17ClN4OS. The van der Waals surface area contributed by atoms with Gasteiger partial charge in [-0.2, -0.15) is 11.8 Å². The number of rotatable bonds is 2. The number of pyridine rings is 1. The van der Waals surface area contributed by atoms with E-state index < -0.39 is 0 Å². The Labute approximate surface area is 121 Å². The zero-order valence-electron chi connectivity index (χ0n) is 10.9. The normalized spacial score (nSPS) is 23.3. The lowest BCUT2D eigenvalue weighted by Crippen LogP contribution is -2.44. The van der Waals surface area contributed by atoms with E-state index >= 15 is 0 Å². The molecule has 3 N–H and O–H groups in total. The third-order valence-corrected chi connectivity index (χ3v) is 4.44. The number of nitrogen functional groups attached to an aromatic ring is 1. The van der Waals surface area contributed by atoms with E-state index in [1.807, 2.05) is 11.8 Å². The fourth-order valence-corrected chi connectivity index (χ4v) is 3.68. The lowest BCUT2D eigenvalue weighted by Gasteiger charge is -2.34. The number of amides is 1. The van der Waals surface area contributed by atoms with E-state index in [2.05, 4.69) is 24.3 Å². The number of carbonyl (C=O) groups excluding carboxylic acids is 1. The van der Waals surface area contributed by atoms with Crippen molar-refractivity contribution in [3.63, 3.8) is 0 Å². The second-order valence-electron chi connectivity index (χ2n) is 4.64. The van der Waals surface area contributed by atoms with Crippen LogP contribution < -0.4 is 11.3 Å². The summed E-state index contributed by atoms with van der Waals surface area (Å²) in [6, 6.07) is 3.26. The van der Waals surface area contributed by atoms with Gasteiger partial charge in [0.25, 0.3) is 5.91 Å². The second-order valence-corrected chi connectivity index (χ2v) is 6.93. The molecule has 19 heavy (non-hydrogen) atoms. The Kier molecular flexibility index (Phi) is 4.54. The molecule has 1 saturated heterocycles. The molecule has 2 heterocycles. The highest BCUT2D eigenvalue weighted by atomic mass is 35.5.